The number of hydrogen-bond donors (Lipinski definition) is 1. The molecule has 7 nitrogen and oxygen atoms in total. The molecule has 2 unspecified atom stereocenters. The Balaban J connectivity index is 1.66. The summed E-state index contributed by atoms with van der Waals surface area (Å²) in [5.74, 6) is -0.0213. The Kier molecular flexibility index (Phi) is 6.67. The van der Waals surface area contributed by atoms with E-state index in [1.807, 2.05) is 24.0 Å². The normalized spacial score (nSPS) is 25.6. The van der Waals surface area contributed by atoms with Gasteiger partial charge in [0.15, 0.2) is 0 Å². The van der Waals surface area contributed by atoms with Gasteiger partial charge in [0.2, 0.25) is 5.91 Å². The highest BCUT2D eigenvalue weighted by Crippen LogP contribution is 2.40. The van der Waals surface area contributed by atoms with Crippen molar-refractivity contribution in [3.8, 4) is 0 Å². The van der Waals surface area contributed by atoms with Crippen LogP contribution in [-0.2, 0) is 14.3 Å². The molecule has 1 aromatic carbocycles. The Bertz CT molecular complexity index is 908. The molecular weight excluding hydrogens is 404 g/mol. The van der Waals surface area contributed by atoms with Crippen LogP contribution in [0.25, 0.3) is 0 Å². The summed E-state index contributed by atoms with van der Waals surface area (Å²) in [6.45, 7) is 13.5. The summed E-state index contributed by atoms with van der Waals surface area (Å²) in [6.07, 6.45) is 5.87. The standard InChI is InChI=1S/C25H34N4O3/c1-5-6-13-28-17(2)9-11-21(26-28)20-10-12-22-23(15-20)27(16-18(3)29(22)19(4)30)25(31)24-8-7-14-32-24/h5,10,12,15,18,21,24,26H,1-2,6-9,11,13-14,16H2,3-4H3/t18-,21?,24?/m0/s1. The quantitative estimate of drug-likeness (QED) is 0.711. The zero-order chi connectivity index (χ0) is 22.8. The van der Waals surface area contributed by atoms with Crippen molar-refractivity contribution in [1.29, 1.82) is 0 Å². The maximum absolute atomic E-state index is 13.3. The van der Waals surface area contributed by atoms with Gasteiger partial charge in [-0.15, -0.1) is 6.58 Å². The molecule has 0 aliphatic carbocycles. The summed E-state index contributed by atoms with van der Waals surface area (Å²) in [7, 11) is 0. The van der Waals surface area contributed by atoms with Crippen molar-refractivity contribution >= 4 is 23.2 Å². The number of allylic oxidation sites excluding steroid dienone is 1. The van der Waals surface area contributed by atoms with E-state index in [9.17, 15) is 9.59 Å². The van der Waals surface area contributed by atoms with Gasteiger partial charge in [0.25, 0.3) is 5.91 Å². The lowest BCUT2D eigenvalue weighted by Gasteiger charge is -2.42. The third-order valence-corrected chi connectivity index (χ3v) is 6.62. The number of rotatable bonds is 5. The molecule has 7 heteroatoms. The number of hydrogen-bond acceptors (Lipinski definition) is 5. The minimum atomic E-state index is -0.395. The van der Waals surface area contributed by atoms with Crippen LogP contribution in [0.1, 0.15) is 57.6 Å². The molecule has 0 saturated carbocycles. The molecule has 4 rings (SSSR count). The fourth-order valence-corrected chi connectivity index (χ4v) is 4.97. The van der Waals surface area contributed by atoms with Gasteiger partial charge in [-0.1, -0.05) is 18.7 Å². The Hall–Kier alpha value is -2.64. The zero-order valence-electron chi connectivity index (χ0n) is 19.2. The van der Waals surface area contributed by atoms with Crippen molar-refractivity contribution in [2.75, 3.05) is 29.5 Å². The second-order valence-electron chi connectivity index (χ2n) is 8.95. The highest BCUT2D eigenvalue weighted by Gasteiger charge is 2.38. The number of carbonyl (C=O) groups is 2. The third-order valence-electron chi connectivity index (χ3n) is 6.62. The molecule has 3 atom stereocenters. The molecule has 0 aromatic heterocycles. The Morgan fingerprint density at radius 3 is 2.78 bits per heavy atom. The number of anilines is 2. The maximum Gasteiger partial charge on any atom is 0.256 e. The van der Waals surface area contributed by atoms with Crippen molar-refractivity contribution in [1.82, 2.24) is 10.4 Å². The molecule has 1 aromatic rings. The van der Waals surface area contributed by atoms with Crippen LogP contribution in [0.15, 0.2) is 43.1 Å². The number of ether oxygens (including phenoxy) is 1. The molecule has 2 saturated heterocycles. The number of benzene rings is 1. The average Bonchev–Trinajstić information content (AvgIpc) is 3.32. The molecule has 3 heterocycles. The van der Waals surface area contributed by atoms with E-state index in [0.29, 0.717) is 13.2 Å². The third kappa shape index (κ3) is 4.32. The van der Waals surface area contributed by atoms with Crippen molar-refractivity contribution in [3.63, 3.8) is 0 Å². The van der Waals surface area contributed by atoms with E-state index in [1.165, 1.54) is 0 Å². The molecule has 32 heavy (non-hydrogen) atoms. The zero-order valence-corrected chi connectivity index (χ0v) is 19.2. The lowest BCUT2D eigenvalue weighted by molar-refractivity contribution is -0.127. The predicted molar refractivity (Wildman–Crippen MR) is 126 cm³/mol. The molecule has 3 aliphatic rings. The van der Waals surface area contributed by atoms with E-state index in [-0.39, 0.29) is 23.9 Å². The number of hydrazine groups is 1. The van der Waals surface area contributed by atoms with E-state index in [4.69, 9.17) is 4.74 Å². The van der Waals surface area contributed by atoms with Gasteiger partial charge < -0.3 is 19.5 Å². The predicted octanol–water partition coefficient (Wildman–Crippen LogP) is 3.68. The summed E-state index contributed by atoms with van der Waals surface area (Å²) in [5, 5.41) is 2.11. The van der Waals surface area contributed by atoms with Gasteiger partial charge in [-0.25, -0.2) is 5.43 Å². The van der Waals surface area contributed by atoms with Crippen LogP contribution in [0.3, 0.4) is 0 Å². The summed E-state index contributed by atoms with van der Waals surface area (Å²) >= 11 is 0. The molecule has 172 valence electrons. The van der Waals surface area contributed by atoms with Crippen molar-refractivity contribution in [3.05, 3.63) is 48.7 Å². The fourth-order valence-electron chi connectivity index (χ4n) is 4.97. The van der Waals surface area contributed by atoms with Crippen LogP contribution in [0.2, 0.25) is 0 Å². The largest absolute Gasteiger partial charge is 0.368 e. The Morgan fingerprint density at radius 2 is 2.09 bits per heavy atom. The first-order chi connectivity index (χ1) is 15.4. The number of fused-ring (bicyclic) bond motifs is 1. The highest BCUT2D eigenvalue weighted by atomic mass is 16.5. The van der Waals surface area contributed by atoms with Gasteiger partial charge in [0.05, 0.1) is 23.5 Å². The van der Waals surface area contributed by atoms with Crippen LogP contribution in [0, 0.1) is 0 Å². The van der Waals surface area contributed by atoms with Gasteiger partial charge in [-0.2, -0.15) is 0 Å². The first-order valence-electron chi connectivity index (χ1n) is 11.6. The molecule has 0 spiro atoms. The topological polar surface area (TPSA) is 65.1 Å². The molecule has 2 fully saturated rings. The van der Waals surface area contributed by atoms with Gasteiger partial charge in [0.1, 0.15) is 6.10 Å². The molecule has 1 N–H and O–H groups in total. The average molecular weight is 439 g/mol. The molecule has 0 bridgehead atoms. The summed E-state index contributed by atoms with van der Waals surface area (Å²) in [6, 6.07) is 6.14. The van der Waals surface area contributed by atoms with E-state index < -0.39 is 6.10 Å². The van der Waals surface area contributed by atoms with Crippen LogP contribution in [-0.4, -0.2) is 48.7 Å². The van der Waals surface area contributed by atoms with Crippen LogP contribution in [0.4, 0.5) is 11.4 Å². The Morgan fingerprint density at radius 1 is 1.28 bits per heavy atom. The highest BCUT2D eigenvalue weighted by molar-refractivity contribution is 6.05. The number of amides is 2. The first kappa shape index (κ1) is 22.6. The van der Waals surface area contributed by atoms with Crippen LogP contribution < -0.4 is 15.2 Å². The van der Waals surface area contributed by atoms with E-state index in [0.717, 1.165) is 61.3 Å². The second kappa shape index (κ2) is 9.46. The van der Waals surface area contributed by atoms with Crippen molar-refractivity contribution in [2.45, 2.75) is 64.1 Å². The monoisotopic (exact) mass is 438 g/mol. The first-order valence-corrected chi connectivity index (χ1v) is 11.6. The van der Waals surface area contributed by atoms with Crippen molar-refractivity contribution in [2.24, 2.45) is 0 Å². The number of nitrogens with one attached hydrogen (secondary N) is 1. The fraction of sp³-hybridized carbons (Fsp3) is 0.520. The van der Waals surface area contributed by atoms with Gasteiger partial charge in [-0.05, 0) is 56.7 Å². The number of carbonyl (C=O) groups excluding carboxylic acids is 2. The van der Waals surface area contributed by atoms with Crippen molar-refractivity contribution < 1.29 is 14.3 Å². The maximum atomic E-state index is 13.3. The van der Waals surface area contributed by atoms with Gasteiger partial charge in [-0.3, -0.25) is 9.59 Å². The van der Waals surface area contributed by atoms with Crippen LogP contribution >= 0.6 is 0 Å². The molecule has 2 amide bonds. The summed E-state index contributed by atoms with van der Waals surface area (Å²) in [4.78, 5) is 29.4. The Labute approximate surface area is 190 Å². The molecule has 0 radical (unpaired) electrons. The van der Waals surface area contributed by atoms with Gasteiger partial charge >= 0.3 is 0 Å². The molecule has 3 aliphatic heterocycles. The number of nitrogens with zero attached hydrogens (tertiary/aromatic N) is 3. The van der Waals surface area contributed by atoms with Gasteiger partial charge in [0, 0.05) is 32.3 Å². The lowest BCUT2D eigenvalue weighted by atomic mass is 9.96. The van der Waals surface area contributed by atoms with E-state index in [1.54, 1.807) is 11.8 Å². The second-order valence-corrected chi connectivity index (χ2v) is 8.95. The molecular formula is C25H34N4O3. The van der Waals surface area contributed by atoms with Crippen LogP contribution in [0.5, 0.6) is 0 Å². The van der Waals surface area contributed by atoms with E-state index in [2.05, 4.69) is 35.7 Å². The minimum absolute atomic E-state index is 0.00598. The summed E-state index contributed by atoms with van der Waals surface area (Å²) < 4.78 is 5.69. The minimum Gasteiger partial charge on any atom is -0.368 e. The summed E-state index contributed by atoms with van der Waals surface area (Å²) in [5.41, 5.74) is 7.34. The SMILES string of the molecule is C=CCCN1NC(c2ccc3c(c2)N(C(=O)C2CCCO2)C[C@H](C)N3C(C)=O)CCC1=C. The lowest BCUT2D eigenvalue weighted by Crippen LogP contribution is -2.53. The van der Waals surface area contributed by atoms with E-state index >= 15 is 0 Å². The smallest absolute Gasteiger partial charge is 0.256 e.